The molecule has 1 N–H and O–H groups in total. The van der Waals surface area contributed by atoms with E-state index in [1.807, 2.05) is 6.92 Å². The van der Waals surface area contributed by atoms with Crippen molar-refractivity contribution >= 4 is 31.5 Å². The molecule has 0 radical (unpaired) electrons. The first-order valence-electron chi connectivity index (χ1n) is 8.32. The number of halogens is 2. The minimum atomic E-state index is -4.94. The van der Waals surface area contributed by atoms with Gasteiger partial charge in [-0.2, -0.15) is 13.1 Å². The lowest BCUT2D eigenvalue weighted by atomic mass is 10.1. The van der Waals surface area contributed by atoms with Gasteiger partial charge in [0.25, 0.3) is 0 Å². The molecule has 2 aromatic rings. The molecule has 0 atom stereocenters. The average molecular weight is 446 g/mol. The van der Waals surface area contributed by atoms with Crippen molar-refractivity contribution in [3.63, 3.8) is 0 Å². The Hall–Kier alpha value is -2.37. The van der Waals surface area contributed by atoms with Crippen molar-refractivity contribution in [2.24, 2.45) is 0 Å². The maximum atomic E-state index is 12.8. The Morgan fingerprint density at radius 3 is 2.24 bits per heavy atom. The number of likely N-dealkylation sites (N-methyl/N-ethyl adjacent to an activating group) is 1. The van der Waals surface area contributed by atoms with Gasteiger partial charge in [-0.25, -0.2) is 16.8 Å². The molecule has 0 aliphatic carbocycles. The van der Waals surface area contributed by atoms with Crippen molar-refractivity contribution in [2.45, 2.75) is 29.4 Å². The van der Waals surface area contributed by atoms with Crippen LogP contribution in [-0.2, 0) is 24.7 Å². The van der Waals surface area contributed by atoms with Gasteiger partial charge < -0.3 is 5.32 Å². The summed E-state index contributed by atoms with van der Waals surface area (Å²) >= 11 is 0. The number of amides is 1. The molecule has 7 nitrogen and oxygen atoms in total. The van der Waals surface area contributed by atoms with Gasteiger partial charge in [-0.15, -0.1) is 0 Å². The van der Waals surface area contributed by atoms with E-state index in [2.05, 4.69) is 5.32 Å². The van der Waals surface area contributed by atoms with Crippen LogP contribution in [0.2, 0.25) is 0 Å². The van der Waals surface area contributed by atoms with Gasteiger partial charge in [0.1, 0.15) is 0 Å². The fourth-order valence-electron chi connectivity index (χ4n) is 2.45. The van der Waals surface area contributed by atoms with Crippen molar-refractivity contribution < 1.29 is 30.4 Å². The number of rotatable bonds is 7. The summed E-state index contributed by atoms with van der Waals surface area (Å²) in [6.45, 7) is 2.94. The number of sulfonamides is 1. The largest absolute Gasteiger partial charge is 0.341 e. The van der Waals surface area contributed by atoms with Gasteiger partial charge in [-0.05, 0) is 49.2 Å². The second-order valence-electron chi connectivity index (χ2n) is 6.36. The molecule has 0 saturated heterocycles. The van der Waals surface area contributed by atoms with E-state index in [4.69, 9.17) is 0 Å². The summed E-state index contributed by atoms with van der Waals surface area (Å²) in [5.74, 6) is -4.54. The van der Waals surface area contributed by atoms with Crippen molar-refractivity contribution in [1.82, 2.24) is 4.31 Å². The van der Waals surface area contributed by atoms with Crippen LogP contribution in [0.3, 0.4) is 0 Å². The Morgan fingerprint density at radius 2 is 1.66 bits per heavy atom. The van der Waals surface area contributed by atoms with E-state index in [0.29, 0.717) is 0 Å². The molecule has 158 valence electrons. The van der Waals surface area contributed by atoms with Gasteiger partial charge in [0.05, 0.1) is 22.0 Å². The van der Waals surface area contributed by atoms with Crippen LogP contribution in [0.1, 0.15) is 11.1 Å². The Morgan fingerprint density at radius 1 is 1.03 bits per heavy atom. The number of nitrogens with zero attached hydrogens (tertiary/aromatic N) is 1. The zero-order valence-corrected chi connectivity index (χ0v) is 17.5. The van der Waals surface area contributed by atoms with Crippen molar-refractivity contribution in [3.05, 3.63) is 53.6 Å². The predicted octanol–water partition coefficient (Wildman–Crippen LogP) is 2.56. The predicted molar refractivity (Wildman–Crippen MR) is 104 cm³/mol. The van der Waals surface area contributed by atoms with Crippen LogP contribution in [0.25, 0.3) is 0 Å². The highest BCUT2D eigenvalue weighted by Gasteiger charge is 2.30. The van der Waals surface area contributed by atoms with Gasteiger partial charge in [0.15, 0.2) is 0 Å². The second-order valence-corrected chi connectivity index (χ2v) is 10.3. The fourth-order valence-corrected chi connectivity index (χ4v) is 4.54. The number of carbonyl (C=O) groups excluding carboxylic acids is 1. The van der Waals surface area contributed by atoms with E-state index >= 15 is 0 Å². The maximum absolute atomic E-state index is 12.8. The smallest absolute Gasteiger partial charge is 0.324 e. The number of hydrogen-bond acceptors (Lipinski definition) is 5. The summed E-state index contributed by atoms with van der Waals surface area (Å²) in [5, 5.41) is 2.19. The minimum Gasteiger partial charge on any atom is -0.324 e. The summed E-state index contributed by atoms with van der Waals surface area (Å²) in [5.41, 5.74) is 1.31. The van der Waals surface area contributed by atoms with Crippen molar-refractivity contribution in [2.75, 3.05) is 18.9 Å². The lowest BCUT2D eigenvalue weighted by molar-refractivity contribution is -0.116. The number of carbonyl (C=O) groups is 1. The summed E-state index contributed by atoms with van der Waals surface area (Å²) < 4.78 is 75.3. The van der Waals surface area contributed by atoms with Crippen LogP contribution in [0.15, 0.2) is 52.3 Å². The number of sulfone groups is 1. The molecule has 0 aromatic heterocycles. The summed E-state index contributed by atoms with van der Waals surface area (Å²) in [6, 6.07) is 9.20. The normalized spacial score (nSPS) is 12.4. The van der Waals surface area contributed by atoms with Crippen LogP contribution < -0.4 is 5.32 Å². The Kier molecular flexibility index (Phi) is 6.76. The topological polar surface area (TPSA) is 101 Å². The Labute approximate surface area is 168 Å². The highest BCUT2D eigenvalue weighted by atomic mass is 32.2. The van der Waals surface area contributed by atoms with E-state index in [0.717, 1.165) is 27.6 Å². The van der Waals surface area contributed by atoms with Gasteiger partial charge in [-0.1, -0.05) is 18.2 Å². The van der Waals surface area contributed by atoms with Crippen LogP contribution in [0.4, 0.5) is 14.5 Å². The molecule has 2 aromatic carbocycles. The van der Waals surface area contributed by atoms with E-state index < -0.39 is 43.0 Å². The summed E-state index contributed by atoms with van der Waals surface area (Å²) in [6.07, 6.45) is 0. The monoisotopic (exact) mass is 446 g/mol. The van der Waals surface area contributed by atoms with Crippen LogP contribution in [0, 0.1) is 13.8 Å². The van der Waals surface area contributed by atoms with Crippen LogP contribution in [-0.4, -0.2) is 46.4 Å². The van der Waals surface area contributed by atoms with Crippen molar-refractivity contribution in [1.29, 1.82) is 0 Å². The average Bonchev–Trinajstić information content (AvgIpc) is 2.63. The first-order valence-corrected chi connectivity index (χ1v) is 11.3. The molecule has 0 spiro atoms. The van der Waals surface area contributed by atoms with E-state index in [9.17, 15) is 30.4 Å². The molecule has 29 heavy (non-hydrogen) atoms. The number of anilines is 1. The molecule has 11 heteroatoms. The third kappa shape index (κ3) is 4.98. The van der Waals surface area contributed by atoms with E-state index in [1.165, 1.54) is 31.3 Å². The third-order valence-electron chi connectivity index (χ3n) is 4.26. The molecule has 0 saturated carbocycles. The molecule has 0 aliphatic rings. The number of aryl methyl sites for hydroxylation is 2. The highest BCUT2D eigenvalue weighted by Crippen LogP contribution is 2.26. The SMILES string of the molecule is Cc1ccc(S(=O)(=O)N(C)CC(=O)Nc2ccccc2S(=O)(=O)C(F)F)cc1C. The van der Waals surface area contributed by atoms with Gasteiger partial charge in [0, 0.05) is 7.05 Å². The minimum absolute atomic E-state index is 0.00317. The second kappa shape index (κ2) is 8.56. The quantitative estimate of drug-likeness (QED) is 0.705. The van der Waals surface area contributed by atoms with E-state index in [-0.39, 0.29) is 10.6 Å². The molecular formula is C18H20F2N2O5S2. The molecule has 0 fully saturated rings. The number of nitrogens with one attached hydrogen (secondary N) is 1. The molecular weight excluding hydrogens is 426 g/mol. The number of hydrogen-bond donors (Lipinski definition) is 1. The zero-order chi connectivity index (χ0) is 22.0. The maximum Gasteiger partial charge on any atom is 0.341 e. The molecule has 0 heterocycles. The van der Waals surface area contributed by atoms with Gasteiger partial charge in [-0.3, -0.25) is 4.79 Å². The highest BCUT2D eigenvalue weighted by molar-refractivity contribution is 7.91. The van der Waals surface area contributed by atoms with Crippen LogP contribution >= 0.6 is 0 Å². The van der Waals surface area contributed by atoms with Crippen LogP contribution in [0.5, 0.6) is 0 Å². The molecule has 0 unspecified atom stereocenters. The zero-order valence-electron chi connectivity index (χ0n) is 15.9. The summed E-state index contributed by atoms with van der Waals surface area (Å²) in [7, 11) is -7.74. The number of benzene rings is 2. The third-order valence-corrected chi connectivity index (χ3v) is 7.49. The van der Waals surface area contributed by atoms with Gasteiger partial charge in [0.2, 0.25) is 25.8 Å². The summed E-state index contributed by atoms with van der Waals surface area (Å²) in [4.78, 5) is 11.5. The molecule has 2 rings (SSSR count). The molecule has 0 aliphatic heterocycles. The molecule has 1 amide bonds. The van der Waals surface area contributed by atoms with Crippen molar-refractivity contribution in [3.8, 4) is 0 Å². The van der Waals surface area contributed by atoms with E-state index in [1.54, 1.807) is 13.0 Å². The van der Waals surface area contributed by atoms with Gasteiger partial charge >= 0.3 is 5.76 Å². The first-order chi connectivity index (χ1) is 13.4. The molecule has 0 bridgehead atoms. The number of alkyl halides is 2. The lowest BCUT2D eigenvalue weighted by Gasteiger charge is -2.18. The Balaban J connectivity index is 2.23. The lowest BCUT2D eigenvalue weighted by Crippen LogP contribution is -2.35. The fraction of sp³-hybridized carbons (Fsp3) is 0.278. The first kappa shape index (κ1) is 22.9. The standard InChI is InChI=1S/C18H20F2N2O5S2/c1-12-8-9-14(10-13(12)2)29(26,27)22(3)11-17(23)21-15-6-4-5-7-16(15)28(24,25)18(19)20/h4-10,18H,11H2,1-3H3,(H,21,23). The Bertz CT molecular complexity index is 1130. The number of para-hydroxylation sites is 1.